The van der Waals surface area contributed by atoms with E-state index in [2.05, 4.69) is 15.9 Å². The van der Waals surface area contributed by atoms with E-state index in [1.165, 1.54) is 12.1 Å². The Kier molecular flexibility index (Phi) is 5.26. The predicted octanol–water partition coefficient (Wildman–Crippen LogP) is 5.81. The zero-order valence-electron chi connectivity index (χ0n) is 10.0. The third-order valence-electron chi connectivity index (χ3n) is 2.94. The fraction of sp³-hybridized carbons (Fsp3) is 0.200. The van der Waals surface area contributed by atoms with Crippen molar-refractivity contribution >= 4 is 39.1 Å². The van der Waals surface area contributed by atoms with Gasteiger partial charge in [0.1, 0.15) is 5.82 Å². The van der Waals surface area contributed by atoms with E-state index >= 15 is 0 Å². The van der Waals surface area contributed by atoms with Crippen LogP contribution in [0, 0.1) is 5.82 Å². The molecular formula is C15H12BrCl2F. The molecule has 0 heterocycles. The van der Waals surface area contributed by atoms with Crippen LogP contribution in [-0.4, -0.2) is 5.88 Å². The summed E-state index contributed by atoms with van der Waals surface area (Å²) in [5.74, 6) is 0.263. The van der Waals surface area contributed by atoms with Crippen LogP contribution in [0.5, 0.6) is 0 Å². The van der Waals surface area contributed by atoms with E-state index in [1.807, 2.05) is 30.3 Å². The van der Waals surface area contributed by atoms with Crippen LogP contribution in [0.15, 0.2) is 46.9 Å². The van der Waals surface area contributed by atoms with Crippen molar-refractivity contribution in [1.82, 2.24) is 0 Å². The minimum Gasteiger partial charge on any atom is -0.207 e. The highest BCUT2D eigenvalue weighted by Crippen LogP contribution is 2.29. The molecule has 0 aliphatic carbocycles. The van der Waals surface area contributed by atoms with E-state index in [0.29, 0.717) is 17.3 Å². The highest BCUT2D eigenvalue weighted by molar-refractivity contribution is 9.10. The maximum Gasteiger partial charge on any atom is 0.124 e. The van der Waals surface area contributed by atoms with Gasteiger partial charge in [-0.25, -0.2) is 4.39 Å². The Balaban J connectivity index is 2.26. The summed E-state index contributed by atoms with van der Waals surface area (Å²) >= 11 is 15.5. The van der Waals surface area contributed by atoms with Crippen molar-refractivity contribution in [2.45, 2.75) is 12.3 Å². The fourth-order valence-corrected chi connectivity index (χ4v) is 3.15. The van der Waals surface area contributed by atoms with Crippen LogP contribution in [0.1, 0.15) is 17.0 Å². The zero-order valence-corrected chi connectivity index (χ0v) is 13.1. The Morgan fingerprint density at radius 2 is 1.89 bits per heavy atom. The molecule has 100 valence electrons. The molecule has 0 fully saturated rings. The second-order valence-corrected chi connectivity index (χ2v) is 5.99. The monoisotopic (exact) mass is 360 g/mol. The molecule has 0 bridgehead atoms. The molecule has 0 N–H and O–H groups in total. The number of halogens is 4. The highest BCUT2D eigenvalue weighted by atomic mass is 79.9. The number of hydrogen-bond donors (Lipinski definition) is 0. The molecule has 2 aromatic rings. The predicted molar refractivity (Wildman–Crippen MR) is 82.7 cm³/mol. The summed E-state index contributed by atoms with van der Waals surface area (Å²) in [5, 5.41) is 0.698. The maximum atomic E-state index is 13.4. The molecule has 0 amide bonds. The zero-order chi connectivity index (χ0) is 13.8. The van der Waals surface area contributed by atoms with Gasteiger partial charge in [-0.2, -0.15) is 0 Å². The topological polar surface area (TPSA) is 0 Å². The van der Waals surface area contributed by atoms with Crippen LogP contribution >= 0.6 is 39.1 Å². The largest absolute Gasteiger partial charge is 0.207 e. The summed E-state index contributed by atoms with van der Waals surface area (Å²) in [7, 11) is 0. The van der Waals surface area contributed by atoms with Gasteiger partial charge in [0.15, 0.2) is 0 Å². The Hall–Kier alpha value is -0.570. The standard InChI is InChI=1S/C15H12BrCl2F/c16-12-6-10(7-13(19)8-12)5-11(9-17)14-3-1-2-4-15(14)18/h1-4,6-8,11H,5,9H2. The number of alkyl halides is 1. The Labute approximate surface area is 130 Å². The molecule has 0 saturated heterocycles. The number of hydrogen-bond acceptors (Lipinski definition) is 0. The summed E-state index contributed by atoms with van der Waals surface area (Å²) in [6, 6.07) is 12.5. The fourth-order valence-electron chi connectivity index (χ4n) is 2.07. The molecular weight excluding hydrogens is 350 g/mol. The lowest BCUT2D eigenvalue weighted by atomic mass is 9.93. The van der Waals surface area contributed by atoms with Crippen LogP contribution in [0.2, 0.25) is 5.02 Å². The van der Waals surface area contributed by atoms with Gasteiger partial charge in [0.05, 0.1) is 0 Å². The molecule has 1 unspecified atom stereocenters. The van der Waals surface area contributed by atoms with Crippen molar-refractivity contribution in [2.24, 2.45) is 0 Å². The number of benzene rings is 2. The number of rotatable bonds is 4. The molecule has 0 saturated carbocycles. The molecule has 0 aromatic heterocycles. The van der Waals surface area contributed by atoms with Gasteiger partial charge in [-0.1, -0.05) is 45.7 Å². The quantitative estimate of drug-likeness (QED) is 0.603. The van der Waals surface area contributed by atoms with Gasteiger partial charge in [-0.15, -0.1) is 11.6 Å². The maximum absolute atomic E-state index is 13.4. The Bertz CT molecular complexity index is 552. The molecule has 2 rings (SSSR count). The third-order valence-corrected chi connectivity index (χ3v) is 4.11. The molecule has 4 heteroatoms. The van der Waals surface area contributed by atoms with Gasteiger partial charge in [-0.05, 0) is 41.8 Å². The van der Waals surface area contributed by atoms with Crippen LogP contribution in [-0.2, 0) is 6.42 Å². The van der Waals surface area contributed by atoms with Gasteiger partial charge in [0.2, 0.25) is 0 Å². The van der Waals surface area contributed by atoms with Gasteiger partial charge < -0.3 is 0 Å². The van der Waals surface area contributed by atoms with E-state index in [1.54, 1.807) is 0 Å². The molecule has 0 spiro atoms. The smallest absolute Gasteiger partial charge is 0.124 e. The van der Waals surface area contributed by atoms with Crippen molar-refractivity contribution in [2.75, 3.05) is 5.88 Å². The molecule has 0 aliphatic rings. The molecule has 1 atom stereocenters. The second kappa shape index (κ2) is 6.74. The van der Waals surface area contributed by atoms with Gasteiger partial charge in [0.25, 0.3) is 0 Å². The van der Waals surface area contributed by atoms with Crippen molar-refractivity contribution in [3.05, 3.63) is 68.9 Å². The molecule has 0 aliphatic heterocycles. The van der Waals surface area contributed by atoms with Gasteiger partial charge in [-0.3, -0.25) is 0 Å². The van der Waals surface area contributed by atoms with E-state index in [0.717, 1.165) is 15.6 Å². The molecule has 0 nitrogen and oxygen atoms in total. The Morgan fingerprint density at radius 3 is 2.53 bits per heavy atom. The van der Waals surface area contributed by atoms with Crippen LogP contribution in [0.25, 0.3) is 0 Å². The van der Waals surface area contributed by atoms with Crippen molar-refractivity contribution in [3.8, 4) is 0 Å². The van der Waals surface area contributed by atoms with Crippen LogP contribution in [0.3, 0.4) is 0 Å². The first-order valence-electron chi connectivity index (χ1n) is 5.85. The third kappa shape index (κ3) is 3.95. The van der Waals surface area contributed by atoms with Crippen molar-refractivity contribution < 1.29 is 4.39 Å². The minimum atomic E-state index is -0.253. The minimum absolute atomic E-state index is 0.0732. The van der Waals surface area contributed by atoms with Gasteiger partial charge >= 0.3 is 0 Å². The van der Waals surface area contributed by atoms with Crippen LogP contribution < -0.4 is 0 Å². The lowest BCUT2D eigenvalue weighted by molar-refractivity contribution is 0.622. The first-order chi connectivity index (χ1) is 9.10. The lowest BCUT2D eigenvalue weighted by Gasteiger charge is -2.16. The lowest BCUT2D eigenvalue weighted by Crippen LogP contribution is -2.05. The molecule has 2 aromatic carbocycles. The summed E-state index contributed by atoms with van der Waals surface area (Å²) in [4.78, 5) is 0. The summed E-state index contributed by atoms with van der Waals surface area (Å²) in [5.41, 5.74) is 1.90. The Morgan fingerprint density at radius 1 is 1.16 bits per heavy atom. The van der Waals surface area contributed by atoms with E-state index in [-0.39, 0.29) is 11.7 Å². The average molecular weight is 362 g/mol. The van der Waals surface area contributed by atoms with E-state index in [4.69, 9.17) is 23.2 Å². The molecule has 0 radical (unpaired) electrons. The van der Waals surface area contributed by atoms with E-state index in [9.17, 15) is 4.39 Å². The highest BCUT2D eigenvalue weighted by Gasteiger charge is 2.15. The van der Waals surface area contributed by atoms with E-state index < -0.39 is 0 Å². The van der Waals surface area contributed by atoms with Gasteiger partial charge in [0, 0.05) is 21.3 Å². The van der Waals surface area contributed by atoms with Crippen LogP contribution in [0.4, 0.5) is 4.39 Å². The first kappa shape index (κ1) is 14.8. The summed E-state index contributed by atoms with van der Waals surface area (Å²) < 4.78 is 14.1. The first-order valence-corrected chi connectivity index (χ1v) is 7.56. The SMILES string of the molecule is Fc1cc(Br)cc(CC(CCl)c2ccccc2Cl)c1. The van der Waals surface area contributed by atoms with Crippen molar-refractivity contribution in [3.63, 3.8) is 0 Å². The summed E-state index contributed by atoms with van der Waals surface area (Å²) in [6.07, 6.45) is 0.656. The summed E-state index contributed by atoms with van der Waals surface area (Å²) in [6.45, 7) is 0. The molecule has 19 heavy (non-hydrogen) atoms. The second-order valence-electron chi connectivity index (χ2n) is 4.35. The normalized spacial score (nSPS) is 12.4. The van der Waals surface area contributed by atoms with Crippen molar-refractivity contribution in [1.29, 1.82) is 0 Å². The average Bonchev–Trinajstić information content (AvgIpc) is 2.36.